The molecule has 1 fully saturated rings. The highest BCUT2D eigenvalue weighted by atomic mass is 32.2. The summed E-state index contributed by atoms with van der Waals surface area (Å²) in [6.45, 7) is 1.88. The predicted octanol–water partition coefficient (Wildman–Crippen LogP) is 2.91. The van der Waals surface area contributed by atoms with Crippen LogP contribution in [0.25, 0.3) is 0 Å². The molecule has 1 unspecified atom stereocenters. The molecule has 8 nitrogen and oxygen atoms in total. The van der Waals surface area contributed by atoms with E-state index in [-0.39, 0.29) is 29.5 Å². The third-order valence-corrected chi connectivity index (χ3v) is 5.46. The van der Waals surface area contributed by atoms with Gasteiger partial charge in [0.15, 0.2) is 0 Å². The van der Waals surface area contributed by atoms with Gasteiger partial charge in [-0.15, -0.1) is 11.8 Å². The van der Waals surface area contributed by atoms with Gasteiger partial charge in [0.2, 0.25) is 17.7 Å². The topological polar surface area (TPSA) is 110 Å². The Balaban J connectivity index is 1.61. The maximum Gasteiger partial charge on any atom is 0.269 e. The number of non-ortho nitro benzene ring substituents is 1. The van der Waals surface area contributed by atoms with Gasteiger partial charge >= 0.3 is 0 Å². The molecule has 3 rings (SSSR count). The van der Waals surface area contributed by atoms with Gasteiger partial charge in [-0.25, -0.2) is 4.90 Å². The maximum absolute atomic E-state index is 12.6. The normalized spacial score (nSPS) is 16.3. The van der Waals surface area contributed by atoms with Crippen molar-refractivity contribution in [1.29, 1.82) is 0 Å². The van der Waals surface area contributed by atoms with Crippen LogP contribution in [-0.4, -0.2) is 33.6 Å². The number of carbonyl (C=O) groups excluding carboxylic acids is 3. The number of aryl methyl sites for hydroxylation is 1. The Morgan fingerprint density at radius 2 is 1.89 bits per heavy atom. The zero-order valence-corrected chi connectivity index (χ0v) is 15.8. The molecule has 1 saturated heterocycles. The summed E-state index contributed by atoms with van der Waals surface area (Å²) in [7, 11) is 0. The van der Waals surface area contributed by atoms with E-state index in [0.29, 0.717) is 5.69 Å². The van der Waals surface area contributed by atoms with Gasteiger partial charge in [0.05, 0.1) is 21.6 Å². The highest BCUT2D eigenvalue weighted by Crippen LogP contribution is 2.30. The number of nitrogens with zero attached hydrogens (tertiary/aromatic N) is 2. The molecule has 1 heterocycles. The number of carbonyl (C=O) groups is 3. The molecule has 3 amide bonds. The molecule has 0 bridgehead atoms. The molecule has 2 aromatic rings. The van der Waals surface area contributed by atoms with E-state index in [4.69, 9.17) is 0 Å². The second-order valence-electron chi connectivity index (χ2n) is 6.21. The molecule has 144 valence electrons. The summed E-state index contributed by atoms with van der Waals surface area (Å²) in [5.41, 5.74) is 1.79. The number of nitro benzene ring substituents is 1. The van der Waals surface area contributed by atoms with Crippen molar-refractivity contribution >= 4 is 46.5 Å². The number of rotatable bonds is 6. The van der Waals surface area contributed by atoms with Gasteiger partial charge in [-0.3, -0.25) is 24.5 Å². The predicted molar refractivity (Wildman–Crippen MR) is 106 cm³/mol. The van der Waals surface area contributed by atoms with Crippen LogP contribution in [0.3, 0.4) is 0 Å². The Bertz CT molecular complexity index is 945. The van der Waals surface area contributed by atoms with E-state index < -0.39 is 22.0 Å². The number of nitrogens with one attached hydrogen (secondary N) is 1. The van der Waals surface area contributed by atoms with Crippen LogP contribution < -0.4 is 10.2 Å². The first-order valence-corrected chi connectivity index (χ1v) is 9.50. The van der Waals surface area contributed by atoms with E-state index in [1.807, 2.05) is 25.1 Å². The van der Waals surface area contributed by atoms with Crippen molar-refractivity contribution in [2.24, 2.45) is 0 Å². The number of anilines is 2. The third-order valence-electron chi connectivity index (χ3n) is 4.26. The summed E-state index contributed by atoms with van der Waals surface area (Å²) >= 11 is 1.10. The van der Waals surface area contributed by atoms with Crippen molar-refractivity contribution in [3.05, 3.63) is 64.2 Å². The van der Waals surface area contributed by atoms with E-state index in [0.717, 1.165) is 22.2 Å². The fourth-order valence-corrected chi connectivity index (χ4v) is 3.74. The molecule has 1 atom stereocenters. The van der Waals surface area contributed by atoms with Gasteiger partial charge in [-0.1, -0.05) is 18.2 Å². The molecule has 0 spiro atoms. The SMILES string of the molecule is Cc1ccccc1NC(=O)CSC1CC(=O)N(c2ccc([N+](=O)[O-])cc2)C1=O. The zero-order chi connectivity index (χ0) is 20.3. The van der Waals surface area contributed by atoms with E-state index in [1.165, 1.54) is 24.3 Å². The molecule has 0 saturated carbocycles. The Labute approximate surface area is 165 Å². The molecular formula is C19H17N3O5S. The van der Waals surface area contributed by atoms with Crippen LogP contribution in [0, 0.1) is 17.0 Å². The second-order valence-corrected chi connectivity index (χ2v) is 7.40. The Hall–Kier alpha value is -3.20. The van der Waals surface area contributed by atoms with Crippen molar-refractivity contribution in [2.75, 3.05) is 16.0 Å². The highest BCUT2D eigenvalue weighted by molar-refractivity contribution is 8.01. The summed E-state index contributed by atoms with van der Waals surface area (Å²) in [6, 6.07) is 12.6. The minimum absolute atomic E-state index is 0.0157. The average Bonchev–Trinajstić information content (AvgIpc) is 2.95. The third kappa shape index (κ3) is 4.20. The molecule has 1 aliphatic heterocycles. The van der Waals surface area contributed by atoms with E-state index in [1.54, 1.807) is 6.07 Å². The lowest BCUT2D eigenvalue weighted by Crippen LogP contribution is -2.31. The van der Waals surface area contributed by atoms with Gasteiger partial charge in [0.1, 0.15) is 0 Å². The highest BCUT2D eigenvalue weighted by Gasteiger charge is 2.40. The van der Waals surface area contributed by atoms with Crippen LogP contribution >= 0.6 is 11.8 Å². The minimum Gasteiger partial charge on any atom is -0.325 e. The quantitative estimate of drug-likeness (QED) is 0.454. The number of amides is 3. The lowest BCUT2D eigenvalue weighted by molar-refractivity contribution is -0.384. The Morgan fingerprint density at radius 3 is 2.54 bits per heavy atom. The van der Waals surface area contributed by atoms with E-state index >= 15 is 0 Å². The van der Waals surface area contributed by atoms with Gasteiger partial charge < -0.3 is 5.32 Å². The summed E-state index contributed by atoms with van der Waals surface area (Å²) in [5.74, 6) is -1.04. The van der Waals surface area contributed by atoms with Gasteiger partial charge in [-0.2, -0.15) is 0 Å². The first-order chi connectivity index (χ1) is 13.4. The number of nitro groups is 1. The largest absolute Gasteiger partial charge is 0.325 e. The minimum atomic E-state index is -0.662. The van der Waals surface area contributed by atoms with Crippen LogP contribution in [0.4, 0.5) is 17.1 Å². The molecule has 28 heavy (non-hydrogen) atoms. The first kappa shape index (κ1) is 19.6. The molecule has 0 aliphatic carbocycles. The lowest BCUT2D eigenvalue weighted by Gasteiger charge is -2.14. The van der Waals surface area contributed by atoms with Crippen LogP contribution in [0.5, 0.6) is 0 Å². The standard InChI is InChI=1S/C19H17N3O5S/c1-12-4-2-3-5-15(12)20-17(23)11-28-16-10-18(24)21(19(16)25)13-6-8-14(9-7-13)22(26)27/h2-9,16H,10-11H2,1H3,(H,20,23). The average molecular weight is 399 g/mol. The van der Waals surface area contributed by atoms with Crippen LogP contribution in [0.1, 0.15) is 12.0 Å². The molecule has 1 N–H and O–H groups in total. The fraction of sp³-hybridized carbons (Fsp3) is 0.211. The van der Waals surface area contributed by atoms with Gasteiger partial charge in [0, 0.05) is 24.2 Å². The zero-order valence-electron chi connectivity index (χ0n) is 15.0. The number of para-hydroxylation sites is 1. The Kier molecular flexibility index (Phi) is 5.74. The summed E-state index contributed by atoms with van der Waals surface area (Å²) in [4.78, 5) is 48.2. The molecule has 0 radical (unpaired) electrons. The van der Waals surface area contributed by atoms with Crippen molar-refractivity contribution in [1.82, 2.24) is 0 Å². The number of hydrogen-bond acceptors (Lipinski definition) is 6. The molecular weight excluding hydrogens is 382 g/mol. The number of imide groups is 1. The van der Waals surface area contributed by atoms with Gasteiger partial charge in [0.25, 0.3) is 5.69 Å². The molecule has 9 heteroatoms. The van der Waals surface area contributed by atoms with Crippen LogP contribution in [0.2, 0.25) is 0 Å². The smallest absolute Gasteiger partial charge is 0.269 e. The Morgan fingerprint density at radius 1 is 1.21 bits per heavy atom. The molecule has 1 aliphatic rings. The number of thioether (sulfide) groups is 1. The fourth-order valence-electron chi connectivity index (χ4n) is 2.80. The van der Waals surface area contributed by atoms with Gasteiger partial charge in [-0.05, 0) is 30.7 Å². The van der Waals surface area contributed by atoms with Crippen molar-refractivity contribution in [2.45, 2.75) is 18.6 Å². The van der Waals surface area contributed by atoms with E-state index in [2.05, 4.69) is 5.32 Å². The lowest BCUT2D eigenvalue weighted by atomic mass is 10.2. The van der Waals surface area contributed by atoms with Crippen molar-refractivity contribution in [3.63, 3.8) is 0 Å². The number of benzene rings is 2. The van der Waals surface area contributed by atoms with Crippen molar-refractivity contribution < 1.29 is 19.3 Å². The van der Waals surface area contributed by atoms with Crippen LogP contribution in [0.15, 0.2) is 48.5 Å². The summed E-state index contributed by atoms with van der Waals surface area (Å²) in [5, 5.41) is 12.9. The van der Waals surface area contributed by atoms with E-state index in [9.17, 15) is 24.5 Å². The second kappa shape index (κ2) is 8.22. The number of hydrogen-bond donors (Lipinski definition) is 1. The van der Waals surface area contributed by atoms with Crippen LogP contribution in [-0.2, 0) is 14.4 Å². The maximum atomic E-state index is 12.6. The first-order valence-electron chi connectivity index (χ1n) is 8.45. The summed E-state index contributed by atoms with van der Waals surface area (Å²) < 4.78 is 0. The summed E-state index contributed by atoms with van der Waals surface area (Å²) in [6.07, 6.45) is -0.0157. The monoisotopic (exact) mass is 399 g/mol. The molecule has 2 aromatic carbocycles. The molecule has 0 aromatic heterocycles. The van der Waals surface area contributed by atoms with Crippen molar-refractivity contribution in [3.8, 4) is 0 Å².